The zero-order chi connectivity index (χ0) is 12.8. The molecule has 5 nitrogen and oxygen atoms in total. The van der Waals surface area contributed by atoms with Crippen LogP contribution in [0.15, 0.2) is 5.16 Å². The number of thioether (sulfide) groups is 1. The summed E-state index contributed by atoms with van der Waals surface area (Å²) in [4.78, 5) is 12.7. The average Bonchev–Trinajstić information content (AvgIpc) is 2.28. The Hall–Kier alpha value is -1.04. The van der Waals surface area contributed by atoms with E-state index < -0.39 is 0 Å². The normalized spacial score (nSPS) is 12.6. The predicted octanol–water partition coefficient (Wildman–Crippen LogP) is 2.45. The fourth-order valence-electron chi connectivity index (χ4n) is 0.999. The number of hydrogen-bond donors (Lipinski definition) is 1. The molecule has 0 spiro atoms. The van der Waals surface area contributed by atoms with Crippen LogP contribution in [-0.2, 0) is 0 Å². The Labute approximate surface area is 107 Å². The van der Waals surface area contributed by atoms with Gasteiger partial charge in [0.25, 0.3) is 0 Å². The number of hydrogen-bond acceptors (Lipinski definition) is 6. The van der Waals surface area contributed by atoms with E-state index in [-0.39, 0.29) is 0 Å². The summed E-state index contributed by atoms with van der Waals surface area (Å²) in [5, 5.41) is 4.07. The molecule has 96 valence electrons. The summed E-state index contributed by atoms with van der Waals surface area (Å²) in [6.45, 7) is 8.99. The lowest BCUT2D eigenvalue weighted by molar-refractivity contribution is 0.308. The van der Waals surface area contributed by atoms with Gasteiger partial charge < -0.3 is 10.1 Å². The zero-order valence-corrected chi connectivity index (χ0v) is 11.8. The van der Waals surface area contributed by atoms with Crippen molar-refractivity contribution in [2.45, 2.75) is 38.1 Å². The minimum atomic E-state index is 0.380. The van der Waals surface area contributed by atoms with Crippen molar-refractivity contribution in [2.75, 3.05) is 19.0 Å². The molecule has 0 aliphatic heterocycles. The molecule has 0 saturated carbocycles. The van der Waals surface area contributed by atoms with Gasteiger partial charge in [-0.2, -0.15) is 15.0 Å². The minimum Gasteiger partial charge on any atom is -0.464 e. The van der Waals surface area contributed by atoms with Crippen molar-refractivity contribution < 1.29 is 4.74 Å². The SMILES string of the molecule is CCOc1nc(NC)nc(SC(C)C(C)C)n1. The maximum atomic E-state index is 5.32. The lowest BCUT2D eigenvalue weighted by Crippen LogP contribution is -2.09. The molecule has 1 heterocycles. The van der Waals surface area contributed by atoms with E-state index in [2.05, 4.69) is 41.0 Å². The van der Waals surface area contributed by atoms with Gasteiger partial charge in [-0.05, 0) is 12.8 Å². The fourth-order valence-corrected chi connectivity index (χ4v) is 1.87. The second kappa shape index (κ2) is 6.64. The van der Waals surface area contributed by atoms with Crippen LogP contribution in [0.2, 0.25) is 0 Å². The largest absolute Gasteiger partial charge is 0.464 e. The molecular formula is C11H20N4OS. The smallest absolute Gasteiger partial charge is 0.322 e. The fraction of sp³-hybridized carbons (Fsp3) is 0.727. The van der Waals surface area contributed by atoms with Gasteiger partial charge in [-0.15, -0.1) is 0 Å². The molecule has 0 saturated heterocycles. The van der Waals surface area contributed by atoms with Gasteiger partial charge >= 0.3 is 6.01 Å². The number of nitrogens with one attached hydrogen (secondary N) is 1. The zero-order valence-electron chi connectivity index (χ0n) is 11.0. The summed E-state index contributed by atoms with van der Waals surface area (Å²) in [6.07, 6.45) is 0. The topological polar surface area (TPSA) is 59.9 Å². The first-order valence-corrected chi connectivity index (χ1v) is 6.68. The average molecular weight is 256 g/mol. The van der Waals surface area contributed by atoms with Gasteiger partial charge in [0.15, 0.2) is 5.16 Å². The van der Waals surface area contributed by atoms with Gasteiger partial charge in [0.1, 0.15) is 0 Å². The lowest BCUT2D eigenvalue weighted by atomic mass is 10.2. The van der Waals surface area contributed by atoms with Crippen LogP contribution in [0.5, 0.6) is 6.01 Å². The second-order valence-corrected chi connectivity index (χ2v) is 5.32. The Morgan fingerprint density at radius 1 is 1.24 bits per heavy atom. The van der Waals surface area contributed by atoms with Crippen molar-refractivity contribution in [1.82, 2.24) is 15.0 Å². The molecule has 6 heteroatoms. The van der Waals surface area contributed by atoms with Crippen LogP contribution in [0.1, 0.15) is 27.7 Å². The molecule has 1 aromatic rings. The van der Waals surface area contributed by atoms with Gasteiger partial charge in [-0.3, -0.25) is 0 Å². The van der Waals surface area contributed by atoms with Crippen molar-refractivity contribution in [2.24, 2.45) is 5.92 Å². The van der Waals surface area contributed by atoms with Crippen molar-refractivity contribution in [3.05, 3.63) is 0 Å². The molecule has 0 aliphatic carbocycles. The molecule has 1 aromatic heterocycles. The predicted molar refractivity (Wildman–Crippen MR) is 70.7 cm³/mol. The third-order valence-electron chi connectivity index (χ3n) is 2.32. The molecule has 1 atom stereocenters. The highest BCUT2D eigenvalue weighted by atomic mass is 32.2. The standard InChI is InChI=1S/C11H20N4OS/c1-6-16-10-13-9(12-5)14-11(15-10)17-8(4)7(2)3/h7-8H,6H2,1-5H3,(H,12,13,14,15). The Kier molecular flexibility index (Phi) is 5.47. The number of rotatable bonds is 6. The van der Waals surface area contributed by atoms with Crippen molar-refractivity contribution in [1.29, 1.82) is 0 Å². The highest BCUT2D eigenvalue weighted by Crippen LogP contribution is 2.26. The first-order valence-electron chi connectivity index (χ1n) is 5.80. The quantitative estimate of drug-likeness (QED) is 0.789. The van der Waals surface area contributed by atoms with Crippen LogP contribution in [-0.4, -0.2) is 33.9 Å². The molecular weight excluding hydrogens is 236 g/mol. The Balaban J connectivity index is 2.86. The van der Waals surface area contributed by atoms with E-state index in [4.69, 9.17) is 4.74 Å². The van der Waals surface area contributed by atoms with E-state index in [9.17, 15) is 0 Å². The van der Waals surface area contributed by atoms with Gasteiger partial charge in [0, 0.05) is 12.3 Å². The monoisotopic (exact) mass is 256 g/mol. The maximum Gasteiger partial charge on any atom is 0.322 e. The third kappa shape index (κ3) is 4.38. The highest BCUT2D eigenvalue weighted by molar-refractivity contribution is 7.99. The summed E-state index contributed by atoms with van der Waals surface area (Å²) >= 11 is 1.64. The highest BCUT2D eigenvalue weighted by Gasteiger charge is 2.13. The van der Waals surface area contributed by atoms with E-state index >= 15 is 0 Å². The van der Waals surface area contributed by atoms with E-state index in [0.29, 0.717) is 34.9 Å². The first-order chi connectivity index (χ1) is 8.06. The molecule has 1 unspecified atom stereocenters. The van der Waals surface area contributed by atoms with E-state index in [1.807, 2.05) is 6.92 Å². The maximum absolute atomic E-state index is 5.32. The molecule has 0 bridgehead atoms. The molecule has 0 fully saturated rings. The Morgan fingerprint density at radius 3 is 2.47 bits per heavy atom. The van der Waals surface area contributed by atoms with Gasteiger partial charge in [0.2, 0.25) is 5.95 Å². The van der Waals surface area contributed by atoms with Crippen molar-refractivity contribution in [3.63, 3.8) is 0 Å². The van der Waals surface area contributed by atoms with Crippen LogP contribution in [0, 0.1) is 5.92 Å². The molecule has 0 aliphatic rings. The van der Waals surface area contributed by atoms with Gasteiger partial charge in [-0.25, -0.2) is 0 Å². The van der Waals surface area contributed by atoms with Crippen LogP contribution < -0.4 is 10.1 Å². The van der Waals surface area contributed by atoms with Gasteiger partial charge in [0.05, 0.1) is 6.61 Å². The molecule has 1 N–H and O–H groups in total. The summed E-state index contributed by atoms with van der Waals surface area (Å²) in [6, 6.07) is 0.380. The number of aromatic nitrogens is 3. The summed E-state index contributed by atoms with van der Waals surface area (Å²) < 4.78 is 5.32. The van der Waals surface area contributed by atoms with Gasteiger partial charge in [-0.1, -0.05) is 32.5 Å². The first kappa shape index (κ1) is 14.0. The van der Waals surface area contributed by atoms with E-state index in [0.717, 1.165) is 0 Å². The van der Waals surface area contributed by atoms with Crippen LogP contribution in [0.25, 0.3) is 0 Å². The molecule has 0 radical (unpaired) electrons. The van der Waals surface area contributed by atoms with Crippen molar-refractivity contribution >= 4 is 17.7 Å². The van der Waals surface area contributed by atoms with Crippen LogP contribution in [0.4, 0.5) is 5.95 Å². The second-order valence-electron chi connectivity index (χ2n) is 3.97. The van der Waals surface area contributed by atoms with E-state index in [1.165, 1.54) is 0 Å². The van der Waals surface area contributed by atoms with E-state index in [1.54, 1.807) is 18.8 Å². The number of anilines is 1. The summed E-state index contributed by atoms with van der Waals surface area (Å²) in [5.41, 5.74) is 0. The molecule has 0 amide bonds. The Morgan fingerprint density at radius 2 is 1.94 bits per heavy atom. The lowest BCUT2D eigenvalue weighted by Gasteiger charge is -2.14. The summed E-state index contributed by atoms with van der Waals surface area (Å²) in [5.74, 6) is 1.12. The summed E-state index contributed by atoms with van der Waals surface area (Å²) in [7, 11) is 1.78. The number of nitrogens with zero attached hydrogens (tertiary/aromatic N) is 3. The molecule has 0 aromatic carbocycles. The third-order valence-corrected chi connectivity index (χ3v) is 3.63. The minimum absolute atomic E-state index is 0.380. The van der Waals surface area contributed by atoms with Crippen LogP contribution >= 0.6 is 11.8 Å². The van der Waals surface area contributed by atoms with Crippen molar-refractivity contribution in [3.8, 4) is 6.01 Å². The Bertz CT molecular complexity index is 359. The molecule has 1 rings (SSSR count). The number of ether oxygens (including phenoxy) is 1. The van der Waals surface area contributed by atoms with Crippen LogP contribution in [0.3, 0.4) is 0 Å². The molecule has 17 heavy (non-hydrogen) atoms.